The van der Waals surface area contributed by atoms with Crippen molar-refractivity contribution in [2.75, 3.05) is 6.61 Å². The first-order valence-corrected chi connectivity index (χ1v) is 6.05. The summed E-state index contributed by atoms with van der Waals surface area (Å²) >= 11 is 0. The SMILES string of the molecule is CC1(C)C(NC(=O)N[C@@H](CCO)C(=O)O)C1(C)C. The zero-order valence-electron chi connectivity index (χ0n) is 11.3. The molecule has 1 fully saturated rings. The highest BCUT2D eigenvalue weighted by atomic mass is 16.4. The number of hydrogen-bond acceptors (Lipinski definition) is 3. The second kappa shape index (κ2) is 4.76. The molecule has 1 rings (SSSR count). The first-order chi connectivity index (χ1) is 8.14. The highest BCUT2D eigenvalue weighted by Gasteiger charge is 2.65. The van der Waals surface area contributed by atoms with Crippen LogP contribution in [0.15, 0.2) is 0 Å². The lowest BCUT2D eigenvalue weighted by Gasteiger charge is -2.14. The quantitative estimate of drug-likeness (QED) is 0.579. The van der Waals surface area contributed by atoms with Gasteiger partial charge in [0.25, 0.3) is 0 Å². The second-order valence-electron chi connectivity index (χ2n) is 5.90. The van der Waals surface area contributed by atoms with E-state index in [9.17, 15) is 9.59 Å². The molecule has 4 N–H and O–H groups in total. The van der Waals surface area contributed by atoms with Crippen molar-refractivity contribution in [2.24, 2.45) is 10.8 Å². The normalized spacial score (nSPS) is 22.1. The van der Waals surface area contributed by atoms with E-state index >= 15 is 0 Å². The molecule has 0 radical (unpaired) electrons. The standard InChI is InChI=1S/C12H22N2O4/c1-11(2)9(12(11,3)4)14-10(18)13-7(5-6-15)8(16)17/h7,9,15H,5-6H2,1-4H3,(H,16,17)(H2,13,14,18)/t7-/m0/s1. The van der Waals surface area contributed by atoms with E-state index in [-0.39, 0.29) is 29.9 Å². The Balaban J connectivity index is 2.50. The largest absolute Gasteiger partial charge is 0.480 e. The number of carbonyl (C=O) groups excluding carboxylic acids is 1. The molecule has 0 saturated heterocycles. The van der Waals surface area contributed by atoms with Crippen LogP contribution < -0.4 is 10.6 Å². The molecule has 0 spiro atoms. The van der Waals surface area contributed by atoms with Gasteiger partial charge >= 0.3 is 12.0 Å². The highest BCUT2D eigenvalue weighted by Crippen LogP contribution is 2.62. The van der Waals surface area contributed by atoms with Gasteiger partial charge < -0.3 is 20.8 Å². The topological polar surface area (TPSA) is 98.7 Å². The van der Waals surface area contributed by atoms with Crippen molar-refractivity contribution in [1.29, 1.82) is 0 Å². The highest BCUT2D eigenvalue weighted by molar-refractivity contribution is 5.83. The summed E-state index contributed by atoms with van der Waals surface area (Å²) in [5.74, 6) is -1.14. The predicted octanol–water partition coefficient (Wildman–Crippen LogP) is 0.556. The molecule has 0 aromatic rings. The van der Waals surface area contributed by atoms with Crippen LogP contribution in [0.5, 0.6) is 0 Å². The molecule has 0 aliphatic heterocycles. The fourth-order valence-electron chi connectivity index (χ4n) is 2.27. The zero-order valence-corrected chi connectivity index (χ0v) is 11.3. The number of aliphatic carboxylic acids is 1. The molecule has 1 atom stereocenters. The van der Waals surface area contributed by atoms with Gasteiger partial charge in [0.1, 0.15) is 6.04 Å². The summed E-state index contributed by atoms with van der Waals surface area (Å²) in [7, 11) is 0. The number of nitrogens with one attached hydrogen (secondary N) is 2. The van der Waals surface area contributed by atoms with Crippen molar-refractivity contribution in [3.8, 4) is 0 Å². The molecule has 1 aliphatic rings. The Labute approximate surface area is 107 Å². The van der Waals surface area contributed by atoms with Crippen LogP contribution in [0.4, 0.5) is 4.79 Å². The molecule has 0 aromatic heterocycles. The maximum absolute atomic E-state index is 11.7. The van der Waals surface area contributed by atoms with Crippen LogP contribution in [-0.4, -0.2) is 40.9 Å². The number of urea groups is 1. The third kappa shape index (κ3) is 2.58. The van der Waals surface area contributed by atoms with E-state index in [1.54, 1.807) is 0 Å². The molecular weight excluding hydrogens is 236 g/mol. The molecule has 6 heteroatoms. The number of hydrogen-bond donors (Lipinski definition) is 4. The van der Waals surface area contributed by atoms with Crippen molar-refractivity contribution in [3.05, 3.63) is 0 Å². The van der Waals surface area contributed by atoms with Gasteiger partial charge in [-0.05, 0) is 10.8 Å². The van der Waals surface area contributed by atoms with Crippen molar-refractivity contribution < 1.29 is 19.8 Å². The van der Waals surface area contributed by atoms with Gasteiger partial charge in [0.2, 0.25) is 0 Å². The second-order valence-corrected chi connectivity index (χ2v) is 5.90. The van der Waals surface area contributed by atoms with E-state index in [0.717, 1.165) is 0 Å². The predicted molar refractivity (Wildman–Crippen MR) is 66.1 cm³/mol. The van der Waals surface area contributed by atoms with Gasteiger partial charge in [0.15, 0.2) is 0 Å². The molecule has 18 heavy (non-hydrogen) atoms. The zero-order chi connectivity index (χ0) is 14.1. The Morgan fingerprint density at radius 3 is 2.06 bits per heavy atom. The van der Waals surface area contributed by atoms with E-state index in [2.05, 4.69) is 38.3 Å². The van der Waals surface area contributed by atoms with Gasteiger partial charge in [-0.1, -0.05) is 27.7 Å². The van der Waals surface area contributed by atoms with E-state index in [4.69, 9.17) is 10.2 Å². The van der Waals surface area contributed by atoms with Gasteiger partial charge in [-0.15, -0.1) is 0 Å². The van der Waals surface area contributed by atoms with Crippen LogP contribution >= 0.6 is 0 Å². The Morgan fingerprint density at radius 1 is 1.22 bits per heavy atom. The minimum absolute atomic E-state index is 0.0000385. The molecule has 2 amide bonds. The summed E-state index contributed by atoms with van der Waals surface area (Å²) in [6.07, 6.45) is 0.000204. The summed E-state index contributed by atoms with van der Waals surface area (Å²) < 4.78 is 0. The summed E-state index contributed by atoms with van der Waals surface area (Å²) in [5.41, 5.74) is 0.0000769. The van der Waals surface area contributed by atoms with Crippen molar-refractivity contribution >= 4 is 12.0 Å². The van der Waals surface area contributed by atoms with E-state index in [0.29, 0.717) is 0 Å². The van der Waals surface area contributed by atoms with Gasteiger partial charge in [-0.2, -0.15) is 0 Å². The molecule has 104 valence electrons. The van der Waals surface area contributed by atoms with Crippen molar-refractivity contribution in [3.63, 3.8) is 0 Å². The number of rotatable bonds is 5. The maximum Gasteiger partial charge on any atom is 0.326 e. The number of aliphatic hydroxyl groups is 1. The third-order valence-electron chi connectivity index (χ3n) is 4.32. The molecule has 0 bridgehead atoms. The Morgan fingerprint density at radius 2 is 1.72 bits per heavy atom. The lowest BCUT2D eigenvalue weighted by atomic mass is 10.0. The Kier molecular flexibility index (Phi) is 3.90. The number of aliphatic hydroxyl groups excluding tert-OH is 1. The average Bonchev–Trinajstić information content (AvgIpc) is 2.60. The Hall–Kier alpha value is -1.30. The first-order valence-electron chi connectivity index (χ1n) is 6.05. The fraction of sp³-hybridized carbons (Fsp3) is 0.833. The molecule has 6 nitrogen and oxygen atoms in total. The number of carboxylic acid groups (broad SMARTS) is 1. The number of carbonyl (C=O) groups is 2. The van der Waals surface area contributed by atoms with Gasteiger partial charge in [-0.25, -0.2) is 9.59 Å². The summed E-state index contributed by atoms with van der Waals surface area (Å²) in [4.78, 5) is 22.5. The van der Waals surface area contributed by atoms with Crippen molar-refractivity contribution in [1.82, 2.24) is 10.6 Å². The molecule has 0 heterocycles. The third-order valence-corrected chi connectivity index (χ3v) is 4.32. The molecule has 0 aromatic carbocycles. The van der Waals surface area contributed by atoms with Crippen LogP contribution in [0.25, 0.3) is 0 Å². The lowest BCUT2D eigenvalue weighted by molar-refractivity contribution is -0.139. The number of amides is 2. The fourth-order valence-corrected chi connectivity index (χ4v) is 2.27. The van der Waals surface area contributed by atoms with E-state index in [1.165, 1.54) is 0 Å². The summed E-state index contributed by atoms with van der Waals surface area (Å²) in [6.45, 7) is 7.94. The van der Waals surface area contributed by atoms with E-state index in [1.807, 2.05) is 0 Å². The maximum atomic E-state index is 11.7. The van der Waals surface area contributed by atoms with Crippen LogP contribution in [0, 0.1) is 10.8 Å². The molecular formula is C12H22N2O4. The lowest BCUT2D eigenvalue weighted by Crippen LogP contribution is -2.48. The Bertz CT molecular complexity index is 338. The minimum atomic E-state index is -1.14. The van der Waals surface area contributed by atoms with E-state index < -0.39 is 18.0 Å². The van der Waals surface area contributed by atoms with Crippen molar-refractivity contribution in [2.45, 2.75) is 46.2 Å². The smallest absolute Gasteiger partial charge is 0.326 e. The van der Waals surface area contributed by atoms with Gasteiger partial charge in [0, 0.05) is 19.1 Å². The van der Waals surface area contributed by atoms with Crippen LogP contribution in [0.3, 0.4) is 0 Å². The van der Waals surface area contributed by atoms with Crippen LogP contribution in [-0.2, 0) is 4.79 Å². The van der Waals surface area contributed by atoms with Crippen LogP contribution in [0.1, 0.15) is 34.1 Å². The minimum Gasteiger partial charge on any atom is -0.480 e. The average molecular weight is 258 g/mol. The summed E-state index contributed by atoms with van der Waals surface area (Å²) in [6, 6.07) is -1.53. The molecule has 0 unspecified atom stereocenters. The number of carboxylic acids is 1. The first kappa shape index (κ1) is 14.8. The van der Waals surface area contributed by atoms with Crippen LogP contribution in [0.2, 0.25) is 0 Å². The van der Waals surface area contributed by atoms with Gasteiger partial charge in [0.05, 0.1) is 0 Å². The summed E-state index contributed by atoms with van der Waals surface area (Å²) in [5, 5.41) is 22.7. The molecule has 1 saturated carbocycles. The molecule has 1 aliphatic carbocycles. The monoisotopic (exact) mass is 258 g/mol. The van der Waals surface area contributed by atoms with Gasteiger partial charge in [-0.3, -0.25) is 0 Å².